The van der Waals surface area contributed by atoms with Crippen molar-refractivity contribution in [3.63, 3.8) is 0 Å². The fourth-order valence-electron chi connectivity index (χ4n) is 1.87. The molecule has 0 aliphatic heterocycles. The zero-order valence-electron chi connectivity index (χ0n) is 10.4. The molecule has 0 spiro atoms. The lowest BCUT2D eigenvalue weighted by Crippen LogP contribution is -2.21. The second-order valence-electron chi connectivity index (χ2n) is 4.98. The molecule has 0 heterocycles. The van der Waals surface area contributed by atoms with Crippen LogP contribution in [0.4, 0.5) is 0 Å². The van der Waals surface area contributed by atoms with Gasteiger partial charge in [-0.05, 0) is 39.7 Å². The first-order valence-electron chi connectivity index (χ1n) is 6.01. The van der Waals surface area contributed by atoms with Crippen LogP contribution < -0.4 is 5.73 Å². The van der Waals surface area contributed by atoms with Crippen LogP contribution in [-0.4, -0.2) is 24.1 Å². The molecule has 3 nitrogen and oxygen atoms in total. The minimum Gasteiger partial charge on any atom is -0.330 e. The zero-order valence-corrected chi connectivity index (χ0v) is 11.2. The number of hydrogen-bond donors (Lipinski definition) is 1. The lowest BCUT2D eigenvalue weighted by molar-refractivity contribution is 0.443. The topological polar surface area (TPSA) is 50.7 Å². The van der Waals surface area contributed by atoms with E-state index in [1.807, 2.05) is 0 Å². The van der Waals surface area contributed by atoms with Gasteiger partial charge in [0, 0.05) is 0 Å². The SMILES string of the molecule is CC(C)(CCN)N=C=NC1CCCCC1.Cl. The monoisotopic (exact) mass is 245 g/mol. The summed E-state index contributed by atoms with van der Waals surface area (Å²) in [5, 5.41) is 0. The van der Waals surface area contributed by atoms with Gasteiger partial charge in [0.25, 0.3) is 0 Å². The largest absolute Gasteiger partial charge is 0.330 e. The van der Waals surface area contributed by atoms with Gasteiger partial charge in [-0.3, -0.25) is 0 Å². The van der Waals surface area contributed by atoms with Gasteiger partial charge in [-0.2, -0.15) is 0 Å². The highest BCUT2D eigenvalue weighted by molar-refractivity contribution is 5.85. The molecule has 2 N–H and O–H groups in total. The molecule has 0 aromatic heterocycles. The van der Waals surface area contributed by atoms with E-state index in [0.717, 1.165) is 6.42 Å². The molecule has 0 bridgehead atoms. The van der Waals surface area contributed by atoms with Crippen molar-refractivity contribution in [3.05, 3.63) is 0 Å². The molecule has 0 amide bonds. The van der Waals surface area contributed by atoms with E-state index in [4.69, 9.17) is 5.73 Å². The maximum atomic E-state index is 5.51. The summed E-state index contributed by atoms with van der Waals surface area (Å²) in [6, 6.07) is 3.34. The minimum absolute atomic E-state index is 0. The van der Waals surface area contributed by atoms with E-state index in [0.29, 0.717) is 12.6 Å². The first-order chi connectivity index (χ1) is 7.14. The van der Waals surface area contributed by atoms with E-state index in [1.165, 1.54) is 32.1 Å². The summed E-state index contributed by atoms with van der Waals surface area (Å²) in [4.78, 5) is 8.74. The second-order valence-corrected chi connectivity index (χ2v) is 4.98. The molecule has 1 rings (SSSR count). The van der Waals surface area contributed by atoms with Crippen molar-refractivity contribution in [1.29, 1.82) is 0 Å². The van der Waals surface area contributed by atoms with Gasteiger partial charge in [-0.15, -0.1) is 12.4 Å². The number of nitrogens with two attached hydrogens (primary N) is 1. The quantitative estimate of drug-likeness (QED) is 0.761. The average Bonchev–Trinajstić information content (AvgIpc) is 2.19. The molecule has 0 unspecified atom stereocenters. The third-order valence-electron chi connectivity index (χ3n) is 2.92. The molecule has 0 atom stereocenters. The van der Waals surface area contributed by atoms with Crippen LogP contribution in [0.1, 0.15) is 52.4 Å². The summed E-state index contributed by atoms with van der Waals surface area (Å²) in [5.74, 6) is 0. The highest BCUT2D eigenvalue weighted by Crippen LogP contribution is 2.19. The van der Waals surface area contributed by atoms with Crippen molar-refractivity contribution in [2.75, 3.05) is 6.54 Å². The zero-order chi connectivity index (χ0) is 11.1. The Morgan fingerprint density at radius 2 is 1.88 bits per heavy atom. The Morgan fingerprint density at radius 1 is 1.25 bits per heavy atom. The Kier molecular flexibility index (Phi) is 7.65. The van der Waals surface area contributed by atoms with Gasteiger partial charge in [0.15, 0.2) is 0 Å². The maximum absolute atomic E-state index is 5.51. The molecule has 94 valence electrons. The second kappa shape index (κ2) is 7.83. The van der Waals surface area contributed by atoms with E-state index in [2.05, 4.69) is 29.8 Å². The Hall–Kier alpha value is -0.370. The van der Waals surface area contributed by atoms with Gasteiger partial charge in [0.2, 0.25) is 0 Å². The summed E-state index contributed by atoms with van der Waals surface area (Å²) in [7, 11) is 0. The molecule has 0 aromatic rings. The minimum atomic E-state index is -0.104. The van der Waals surface area contributed by atoms with Gasteiger partial charge < -0.3 is 5.73 Å². The molecule has 0 aromatic carbocycles. The van der Waals surface area contributed by atoms with E-state index in [-0.39, 0.29) is 17.9 Å². The van der Waals surface area contributed by atoms with Crippen molar-refractivity contribution in [1.82, 2.24) is 0 Å². The summed E-state index contributed by atoms with van der Waals surface area (Å²) < 4.78 is 0. The van der Waals surface area contributed by atoms with Gasteiger partial charge in [0.1, 0.15) is 0 Å². The van der Waals surface area contributed by atoms with E-state index >= 15 is 0 Å². The van der Waals surface area contributed by atoms with E-state index in [1.54, 1.807) is 0 Å². The lowest BCUT2D eigenvalue weighted by Gasteiger charge is -2.17. The fourth-order valence-corrected chi connectivity index (χ4v) is 1.87. The predicted molar refractivity (Wildman–Crippen MR) is 71.7 cm³/mol. The molecule has 1 aliphatic rings. The number of aliphatic imine (C=N–C) groups is 2. The first kappa shape index (κ1) is 15.6. The molecule has 1 saturated carbocycles. The molecule has 0 saturated heterocycles. The summed E-state index contributed by atoms with van der Waals surface area (Å²) >= 11 is 0. The Labute approximate surface area is 105 Å². The summed E-state index contributed by atoms with van der Waals surface area (Å²) in [6.45, 7) is 4.81. The maximum Gasteiger partial charge on any atom is 0.0901 e. The van der Waals surface area contributed by atoms with Crippen LogP contribution >= 0.6 is 12.4 Å². The average molecular weight is 246 g/mol. The summed E-state index contributed by atoms with van der Waals surface area (Å²) in [6.07, 6.45) is 7.28. The van der Waals surface area contributed by atoms with Gasteiger partial charge in [-0.1, -0.05) is 19.3 Å². The van der Waals surface area contributed by atoms with Crippen molar-refractivity contribution < 1.29 is 0 Å². The van der Waals surface area contributed by atoms with Crippen molar-refractivity contribution >= 4 is 18.4 Å². The molecule has 0 radical (unpaired) electrons. The molecular weight excluding hydrogens is 222 g/mol. The number of hydrogen-bond acceptors (Lipinski definition) is 3. The Balaban J connectivity index is 0.00000225. The summed E-state index contributed by atoms with van der Waals surface area (Å²) in [5.41, 5.74) is 5.41. The Morgan fingerprint density at radius 3 is 2.44 bits per heavy atom. The van der Waals surface area contributed by atoms with Gasteiger partial charge >= 0.3 is 0 Å². The first-order valence-corrected chi connectivity index (χ1v) is 6.01. The smallest absolute Gasteiger partial charge is 0.0901 e. The fraction of sp³-hybridized carbons (Fsp3) is 0.917. The lowest BCUT2D eigenvalue weighted by atomic mass is 9.96. The molecule has 16 heavy (non-hydrogen) atoms. The Bertz CT molecular complexity index is 239. The molecule has 1 fully saturated rings. The number of rotatable bonds is 4. The standard InChI is InChI=1S/C12H23N3.ClH/c1-12(2,8-9-13)15-10-14-11-6-4-3-5-7-11;/h11H,3-9,13H2,1-2H3;1H. The number of nitrogens with zero attached hydrogens (tertiary/aromatic N) is 2. The highest BCUT2D eigenvalue weighted by atomic mass is 35.5. The van der Waals surface area contributed by atoms with E-state index in [9.17, 15) is 0 Å². The molecule has 1 aliphatic carbocycles. The van der Waals surface area contributed by atoms with Crippen LogP contribution in [0.3, 0.4) is 0 Å². The van der Waals surface area contributed by atoms with Crippen molar-refractivity contribution in [2.24, 2.45) is 15.7 Å². The van der Waals surface area contributed by atoms with Gasteiger partial charge in [-0.25, -0.2) is 9.98 Å². The third kappa shape index (κ3) is 6.26. The van der Waals surface area contributed by atoms with Crippen LogP contribution in [0.25, 0.3) is 0 Å². The van der Waals surface area contributed by atoms with Crippen LogP contribution in [0, 0.1) is 0 Å². The van der Waals surface area contributed by atoms with Crippen LogP contribution in [-0.2, 0) is 0 Å². The van der Waals surface area contributed by atoms with Crippen LogP contribution in [0.5, 0.6) is 0 Å². The third-order valence-corrected chi connectivity index (χ3v) is 2.92. The number of halogens is 1. The predicted octanol–water partition coefficient (Wildman–Crippen LogP) is 3.04. The van der Waals surface area contributed by atoms with E-state index < -0.39 is 0 Å². The van der Waals surface area contributed by atoms with Crippen LogP contribution in [0.2, 0.25) is 0 Å². The van der Waals surface area contributed by atoms with Crippen molar-refractivity contribution in [3.8, 4) is 0 Å². The van der Waals surface area contributed by atoms with Gasteiger partial charge in [0.05, 0.1) is 17.6 Å². The van der Waals surface area contributed by atoms with Crippen LogP contribution in [0.15, 0.2) is 9.98 Å². The normalized spacial score (nSPS) is 17.2. The molecule has 4 heteroatoms. The molecular formula is C12H24ClN3. The highest BCUT2D eigenvalue weighted by Gasteiger charge is 2.14. The van der Waals surface area contributed by atoms with Crippen molar-refractivity contribution in [2.45, 2.75) is 64.0 Å².